The van der Waals surface area contributed by atoms with Crippen molar-refractivity contribution in [1.82, 2.24) is 0 Å². The van der Waals surface area contributed by atoms with Crippen molar-refractivity contribution in [2.45, 2.75) is 6.04 Å². The van der Waals surface area contributed by atoms with Crippen molar-refractivity contribution in [2.24, 2.45) is 5.73 Å². The minimum atomic E-state index is -0.258. The number of halogens is 1. The summed E-state index contributed by atoms with van der Waals surface area (Å²) in [5.41, 5.74) is 5.10. The Balaban J connectivity index is 2.96. The van der Waals surface area contributed by atoms with Crippen LogP contribution < -0.4 is 5.73 Å². The first-order valence-corrected chi connectivity index (χ1v) is 2.17. The van der Waals surface area contributed by atoms with Gasteiger partial charge in [0.1, 0.15) is 0 Å². The topological polar surface area (TPSA) is 49.9 Å². The van der Waals surface area contributed by atoms with Crippen molar-refractivity contribution in [3.8, 4) is 0 Å². The highest BCUT2D eigenvalue weighted by molar-refractivity contribution is 6.19. The number of hydrogen-bond acceptors (Lipinski definition) is 2. The normalized spacial score (nSPS) is 13.7. The molecule has 0 rings (SSSR count). The highest BCUT2D eigenvalue weighted by Gasteiger charge is 1.88. The molecule has 0 heterocycles. The van der Waals surface area contributed by atoms with Crippen LogP contribution in [0, 0.1) is 5.41 Å². The standard InChI is InChI=1S/C3H7ClN2/c4-1-3(6)2-5/h2-3,5H,1,6H2/t3-/m0/s1. The molecule has 0 spiro atoms. The first kappa shape index (κ1) is 5.92. The fraction of sp³-hybridized carbons (Fsp3) is 0.667. The van der Waals surface area contributed by atoms with Crippen molar-refractivity contribution in [2.75, 3.05) is 5.88 Å². The summed E-state index contributed by atoms with van der Waals surface area (Å²) in [4.78, 5) is 0. The molecule has 0 unspecified atom stereocenters. The molecule has 0 fully saturated rings. The highest BCUT2D eigenvalue weighted by Crippen LogP contribution is 1.74. The van der Waals surface area contributed by atoms with E-state index in [1.807, 2.05) is 0 Å². The Morgan fingerprint density at radius 1 is 2.00 bits per heavy atom. The summed E-state index contributed by atoms with van der Waals surface area (Å²) >= 11 is 5.18. The zero-order valence-electron chi connectivity index (χ0n) is 3.32. The van der Waals surface area contributed by atoms with Crippen LogP contribution in [0.25, 0.3) is 0 Å². The lowest BCUT2D eigenvalue weighted by Crippen LogP contribution is -2.22. The minimum absolute atomic E-state index is 0.258. The predicted molar refractivity (Wildman–Crippen MR) is 27.5 cm³/mol. The van der Waals surface area contributed by atoms with Gasteiger partial charge in [-0.1, -0.05) is 0 Å². The van der Waals surface area contributed by atoms with Crippen LogP contribution in [0.5, 0.6) is 0 Å². The van der Waals surface area contributed by atoms with E-state index in [0.717, 1.165) is 6.21 Å². The van der Waals surface area contributed by atoms with Crippen LogP contribution in [0.15, 0.2) is 0 Å². The van der Waals surface area contributed by atoms with Gasteiger partial charge in [-0.2, -0.15) is 0 Å². The van der Waals surface area contributed by atoms with Gasteiger partial charge in [0, 0.05) is 12.1 Å². The molecule has 3 heteroatoms. The van der Waals surface area contributed by atoms with E-state index in [9.17, 15) is 0 Å². The van der Waals surface area contributed by atoms with E-state index in [0.29, 0.717) is 5.88 Å². The van der Waals surface area contributed by atoms with Crippen LogP contribution in [-0.4, -0.2) is 18.1 Å². The van der Waals surface area contributed by atoms with Crippen LogP contribution >= 0.6 is 11.6 Å². The lowest BCUT2D eigenvalue weighted by molar-refractivity contribution is 0.998. The van der Waals surface area contributed by atoms with E-state index < -0.39 is 0 Å². The monoisotopic (exact) mass is 106 g/mol. The average Bonchev–Trinajstić information content (AvgIpc) is 1.65. The van der Waals surface area contributed by atoms with Crippen LogP contribution in [-0.2, 0) is 0 Å². The van der Waals surface area contributed by atoms with Gasteiger partial charge in [0.2, 0.25) is 0 Å². The predicted octanol–water partition coefficient (Wildman–Crippen LogP) is 0.202. The molecule has 36 valence electrons. The summed E-state index contributed by atoms with van der Waals surface area (Å²) < 4.78 is 0. The van der Waals surface area contributed by atoms with Crippen molar-refractivity contribution >= 4 is 17.8 Å². The van der Waals surface area contributed by atoms with Crippen molar-refractivity contribution < 1.29 is 0 Å². The first-order chi connectivity index (χ1) is 2.81. The molecule has 0 aromatic carbocycles. The lowest BCUT2D eigenvalue weighted by atomic mass is 10.4. The Hall–Kier alpha value is -0.0800. The third kappa shape index (κ3) is 2.18. The molecule has 0 aliphatic heterocycles. The summed E-state index contributed by atoms with van der Waals surface area (Å²) in [6.45, 7) is 0. The Labute approximate surface area is 41.8 Å². The summed E-state index contributed by atoms with van der Waals surface area (Å²) in [5, 5.41) is 6.47. The molecule has 0 aliphatic rings. The maximum atomic E-state index is 6.47. The minimum Gasteiger partial charge on any atom is -0.322 e. The van der Waals surface area contributed by atoms with Gasteiger partial charge in [-0.05, 0) is 0 Å². The lowest BCUT2D eigenvalue weighted by Gasteiger charge is -1.91. The zero-order chi connectivity index (χ0) is 4.99. The number of rotatable bonds is 2. The van der Waals surface area contributed by atoms with Crippen LogP contribution in [0.2, 0.25) is 0 Å². The summed E-state index contributed by atoms with van der Waals surface area (Å²) in [5.74, 6) is 0.337. The molecule has 1 atom stereocenters. The third-order valence-corrected chi connectivity index (χ3v) is 0.749. The largest absolute Gasteiger partial charge is 0.322 e. The van der Waals surface area contributed by atoms with E-state index in [-0.39, 0.29) is 6.04 Å². The third-order valence-electron chi connectivity index (χ3n) is 0.392. The van der Waals surface area contributed by atoms with E-state index in [1.54, 1.807) is 0 Å². The smallest absolute Gasteiger partial charge is 0.0529 e. The first-order valence-electron chi connectivity index (χ1n) is 1.63. The number of hydrogen-bond donors (Lipinski definition) is 2. The molecule has 0 amide bonds. The molecule has 6 heavy (non-hydrogen) atoms. The Morgan fingerprint density at radius 3 is 2.50 bits per heavy atom. The van der Waals surface area contributed by atoms with Crippen LogP contribution in [0.3, 0.4) is 0 Å². The number of alkyl halides is 1. The van der Waals surface area contributed by atoms with E-state index in [1.165, 1.54) is 0 Å². The Bertz CT molecular complexity index is 46.1. The van der Waals surface area contributed by atoms with Gasteiger partial charge < -0.3 is 11.1 Å². The van der Waals surface area contributed by atoms with Crippen molar-refractivity contribution in [1.29, 1.82) is 5.41 Å². The summed E-state index contributed by atoms with van der Waals surface area (Å²) in [6.07, 6.45) is 1.12. The SMILES string of the molecule is N=C[C@@H](N)CCl. The van der Waals surface area contributed by atoms with Gasteiger partial charge in [0.15, 0.2) is 0 Å². The van der Waals surface area contributed by atoms with E-state index in [2.05, 4.69) is 0 Å². The molecule has 3 N–H and O–H groups in total. The maximum absolute atomic E-state index is 6.47. The molecule has 0 aromatic rings. The summed E-state index contributed by atoms with van der Waals surface area (Å²) in [7, 11) is 0. The van der Waals surface area contributed by atoms with Gasteiger partial charge >= 0.3 is 0 Å². The molecule has 0 aliphatic carbocycles. The Morgan fingerprint density at radius 2 is 2.50 bits per heavy atom. The molecule has 0 saturated carbocycles. The van der Waals surface area contributed by atoms with Gasteiger partial charge in [-0.3, -0.25) is 0 Å². The molecular weight excluding hydrogens is 99.5 g/mol. The molecular formula is C3H7ClN2. The quantitative estimate of drug-likeness (QED) is 0.384. The van der Waals surface area contributed by atoms with E-state index in [4.69, 9.17) is 22.7 Å². The molecule has 0 radical (unpaired) electrons. The number of nitrogens with one attached hydrogen (secondary N) is 1. The molecule has 2 nitrogen and oxygen atoms in total. The fourth-order valence-electron chi connectivity index (χ4n) is 0.0445. The van der Waals surface area contributed by atoms with Crippen LogP contribution in [0.4, 0.5) is 0 Å². The van der Waals surface area contributed by atoms with Crippen molar-refractivity contribution in [3.05, 3.63) is 0 Å². The second-order valence-electron chi connectivity index (χ2n) is 0.985. The van der Waals surface area contributed by atoms with E-state index >= 15 is 0 Å². The molecule has 0 bridgehead atoms. The highest BCUT2D eigenvalue weighted by atomic mass is 35.5. The molecule has 0 saturated heterocycles. The number of nitrogens with two attached hydrogens (primary N) is 1. The van der Waals surface area contributed by atoms with Gasteiger partial charge in [-0.15, -0.1) is 11.6 Å². The van der Waals surface area contributed by atoms with Gasteiger partial charge in [0.25, 0.3) is 0 Å². The second-order valence-corrected chi connectivity index (χ2v) is 1.29. The maximum Gasteiger partial charge on any atom is 0.0529 e. The van der Waals surface area contributed by atoms with Gasteiger partial charge in [-0.25, -0.2) is 0 Å². The fourth-order valence-corrected chi connectivity index (χ4v) is 0.134. The zero-order valence-corrected chi connectivity index (χ0v) is 4.07. The van der Waals surface area contributed by atoms with Crippen LogP contribution in [0.1, 0.15) is 0 Å². The van der Waals surface area contributed by atoms with Gasteiger partial charge in [0.05, 0.1) is 6.04 Å². The van der Waals surface area contributed by atoms with Crippen molar-refractivity contribution in [3.63, 3.8) is 0 Å². The second kappa shape index (κ2) is 3.12. The average molecular weight is 107 g/mol. The summed E-state index contributed by atoms with van der Waals surface area (Å²) in [6, 6.07) is -0.258. The Kier molecular flexibility index (Phi) is 3.08. The molecule has 0 aromatic heterocycles.